The molecule has 2 aromatic carbocycles. The molecule has 148 valence electrons. The Morgan fingerprint density at radius 2 is 1.93 bits per heavy atom. The van der Waals surface area contributed by atoms with Crippen molar-refractivity contribution in [2.75, 3.05) is 4.72 Å². The van der Waals surface area contributed by atoms with Crippen molar-refractivity contribution in [3.63, 3.8) is 0 Å². The highest BCUT2D eigenvalue weighted by atomic mass is 32.2. The molecule has 0 amide bonds. The highest BCUT2D eigenvalue weighted by Crippen LogP contribution is 2.30. The number of aromatic nitrogens is 2. The Morgan fingerprint density at radius 1 is 1.10 bits per heavy atom. The third kappa shape index (κ3) is 4.06. The summed E-state index contributed by atoms with van der Waals surface area (Å²) in [7, 11) is -1.88. The molecule has 0 saturated heterocycles. The van der Waals surface area contributed by atoms with E-state index in [9.17, 15) is 13.2 Å². The number of benzene rings is 2. The van der Waals surface area contributed by atoms with E-state index in [-0.39, 0.29) is 4.90 Å². The molecule has 4 aromatic rings. The van der Waals surface area contributed by atoms with E-state index in [2.05, 4.69) is 9.71 Å². The first-order valence-corrected chi connectivity index (χ1v) is 10.9. The number of anilines is 1. The molecule has 0 atom stereocenters. The third-order valence-corrected chi connectivity index (χ3v) is 6.76. The second-order valence-electron chi connectivity index (χ2n) is 6.46. The maximum atomic E-state index is 12.8. The number of aryl methyl sites for hydroxylation is 2. The molecule has 0 bridgehead atoms. The molecule has 0 saturated carbocycles. The highest BCUT2D eigenvalue weighted by molar-refractivity contribution is 7.99. The molecule has 0 aliphatic rings. The van der Waals surface area contributed by atoms with Crippen LogP contribution in [0.4, 0.5) is 5.69 Å². The summed E-state index contributed by atoms with van der Waals surface area (Å²) in [6.07, 6.45) is 3.60. The lowest BCUT2D eigenvalue weighted by Crippen LogP contribution is -2.13. The van der Waals surface area contributed by atoms with E-state index in [0.29, 0.717) is 16.7 Å². The van der Waals surface area contributed by atoms with E-state index >= 15 is 0 Å². The lowest BCUT2D eigenvalue weighted by Gasteiger charge is -2.12. The van der Waals surface area contributed by atoms with Crippen LogP contribution in [0.3, 0.4) is 0 Å². The monoisotopic (exact) mass is 427 g/mol. The maximum absolute atomic E-state index is 12.8. The van der Waals surface area contributed by atoms with Gasteiger partial charge in [-0.1, -0.05) is 11.8 Å². The summed E-state index contributed by atoms with van der Waals surface area (Å²) in [5.41, 5.74) is 1.14. The molecule has 0 fully saturated rings. The number of rotatable bonds is 5. The van der Waals surface area contributed by atoms with Gasteiger partial charge in [-0.25, -0.2) is 18.2 Å². The van der Waals surface area contributed by atoms with E-state index in [1.54, 1.807) is 12.3 Å². The van der Waals surface area contributed by atoms with Gasteiger partial charge in [0.15, 0.2) is 5.16 Å². The maximum Gasteiger partial charge on any atom is 0.336 e. The lowest BCUT2D eigenvalue weighted by molar-refractivity contribution is 0.560. The minimum absolute atomic E-state index is 0.0877. The number of nitrogens with one attached hydrogen (secondary N) is 1. The van der Waals surface area contributed by atoms with Gasteiger partial charge in [-0.3, -0.25) is 4.72 Å². The van der Waals surface area contributed by atoms with Gasteiger partial charge in [0.1, 0.15) is 5.58 Å². The predicted molar refractivity (Wildman–Crippen MR) is 112 cm³/mol. The Labute approximate surface area is 171 Å². The molecule has 0 aliphatic heterocycles. The molecule has 0 radical (unpaired) electrons. The molecular weight excluding hydrogens is 410 g/mol. The van der Waals surface area contributed by atoms with Crippen molar-refractivity contribution in [2.24, 2.45) is 7.05 Å². The Kier molecular flexibility index (Phi) is 4.93. The number of fused-ring (bicyclic) bond motifs is 1. The minimum atomic E-state index is -3.80. The minimum Gasteiger partial charge on any atom is -0.423 e. The molecule has 1 N–H and O–H groups in total. The molecule has 2 heterocycles. The van der Waals surface area contributed by atoms with Crippen LogP contribution >= 0.6 is 11.8 Å². The Bertz CT molecular complexity index is 1370. The SMILES string of the molecule is Cc1cc(Sc2nccn2C)ccc1NS(=O)(=O)c1ccc2oc(=O)ccc2c1. The van der Waals surface area contributed by atoms with Crippen LogP contribution in [-0.4, -0.2) is 18.0 Å². The van der Waals surface area contributed by atoms with E-state index < -0.39 is 15.6 Å². The zero-order valence-corrected chi connectivity index (χ0v) is 17.3. The molecule has 0 spiro atoms. The molecule has 2 aromatic heterocycles. The first kappa shape index (κ1) is 19.3. The van der Waals surface area contributed by atoms with Crippen LogP contribution in [0, 0.1) is 6.92 Å². The molecule has 9 heteroatoms. The van der Waals surface area contributed by atoms with Crippen molar-refractivity contribution in [3.05, 3.63) is 76.9 Å². The van der Waals surface area contributed by atoms with Gasteiger partial charge in [0.25, 0.3) is 10.0 Å². The van der Waals surface area contributed by atoms with Gasteiger partial charge in [-0.05, 0) is 55.0 Å². The van der Waals surface area contributed by atoms with E-state index in [0.717, 1.165) is 15.6 Å². The van der Waals surface area contributed by atoms with E-state index in [4.69, 9.17) is 4.42 Å². The Morgan fingerprint density at radius 3 is 2.66 bits per heavy atom. The summed E-state index contributed by atoms with van der Waals surface area (Å²) in [5, 5.41) is 1.38. The van der Waals surface area contributed by atoms with Crippen LogP contribution in [-0.2, 0) is 17.1 Å². The van der Waals surface area contributed by atoms with Crippen molar-refractivity contribution in [1.29, 1.82) is 0 Å². The summed E-state index contributed by atoms with van der Waals surface area (Å²) in [6.45, 7) is 1.84. The van der Waals surface area contributed by atoms with Gasteiger partial charge in [0, 0.05) is 35.8 Å². The molecule has 0 aliphatic carbocycles. The van der Waals surface area contributed by atoms with Gasteiger partial charge >= 0.3 is 5.63 Å². The summed E-state index contributed by atoms with van der Waals surface area (Å²) in [6, 6.07) is 12.6. The molecule has 0 unspecified atom stereocenters. The quantitative estimate of drug-likeness (QED) is 0.487. The van der Waals surface area contributed by atoms with E-state index in [1.807, 2.05) is 36.9 Å². The topological polar surface area (TPSA) is 94.2 Å². The average molecular weight is 428 g/mol. The number of hydrogen-bond donors (Lipinski definition) is 1. The zero-order chi connectivity index (χ0) is 20.6. The largest absolute Gasteiger partial charge is 0.423 e. The second-order valence-corrected chi connectivity index (χ2v) is 9.18. The number of nitrogens with zero attached hydrogens (tertiary/aromatic N) is 2. The van der Waals surface area contributed by atoms with Crippen molar-refractivity contribution in [3.8, 4) is 0 Å². The second kappa shape index (κ2) is 7.41. The smallest absolute Gasteiger partial charge is 0.336 e. The van der Waals surface area contributed by atoms with Crippen LogP contribution < -0.4 is 10.3 Å². The van der Waals surface area contributed by atoms with Gasteiger partial charge in [0.2, 0.25) is 0 Å². The summed E-state index contributed by atoms with van der Waals surface area (Å²) in [5.74, 6) is 0. The average Bonchev–Trinajstić information content (AvgIpc) is 3.08. The van der Waals surface area contributed by atoms with Crippen LogP contribution in [0.15, 0.2) is 85.1 Å². The van der Waals surface area contributed by atoms with E-state index in [1.165, 1.54) is 42.1 Å². The molecule has 29 heavy (non-hydrogen) atoms. The lowest BCUT2D eigenvalue weighted by atomic mass is 10.2. The summed E-state index contributed by atoms with van der Waals surface area (Å²) < 4.78 is 35.2. The Hall–Kier alpha value is -3.04. The van der Waals surface area contributed by atoms with Crippen molar-refractivity contribution >= 4 is 38.4 Å². The van der Waals surface area contributed by atoms with Crippen LogP contribution in [0.2, 0.25) is 0 Å². The first-order chi connectivity index (χ1) is 13.8. The normalized spacial score (nSPS) is 11.7. The van der Waals surface area contributed by atoms with Crippen molar-refractivity contribution in [1.82, 2.24) is 9.55 Å². The van der Waals surface area contributed by atoms with Crippen LogP contribution in [0.5, 0.6) is 0 Å². The third-order valence-electron chi connectivity index (χ3n) is 4.33. The fraction of sp³-hybridized carbons (Fsp3) is 0.100. The summed E-state index contributed by atoms with van der Waals surface area (Å²) in [4.78, 5) is 16.6. The Balaban J connectivity index is 1.60. The van der Waals surface area contributed by atoms with Crippen molar-refractivity contribution < 1.29 is 12.8 Å². The van der Waals surface area contributed by atoms with Gasteiger partial charge in [-0.2, -0.15) is 0 Å². The fourth-order valence-corrected chi connectivity index (χ4v) is 4.86. The number of hydrogen-bond acceptors (Lipinski definition) is 6. The first-order valence-electron chi connectivity index (χ1n) is 8.64. The van der Waals surface area contributed by atoms with Crippen LogP contribution in [0.25, 0.3) is 11.0 Å². The molecular formula is C20H17N3O4S2. The predicted octanol–water partition coefficient (Wildman–Crippen LogP) is 3.79. The number of imidazole rings is 1. The zero-order valence-electron chi connectivity index (χ0n) is 15.6. The highest BCUT2D eigenvalue weighted by Gasteiger charge is 2.17. The van der Waals surface area contributed by atoms with Crippen LogP contribution in [0.1, 0.15) is 5.56 Å². The molecule has 7 nitrogen and oxygen atoms in total. The standard InChI is InChI=1S/C20H17N3O4S2/c1-13-11-15(28-20-21-9-10-23(20)2)4-6-17(13)22-29(25,26)16-5-7-18-14(12-16)3-8-19(24)27-18/h3-12,22H,1-2H3. The summed E-state index contributed by atoms with van der Waals surface area (Å²) >= 11 is 1.50. The van der Waals surface area contributed by atoms with Gasteiger partial charge < -0.3 is 8.98 Å². The van der Waals surface area contributed by atoms with Gasteiger partial charge in [-0.15, -0.1) is 0 Å². The van der Waals surface area contributed by atoms with Gasteiger partial charge in [0.05, 0.1) is 10.6 Å². The van der Waals surface area contributed by atoms with Crippen molar-refractivity contribution in [2.45, 2.75) is 21.9 Å². The number of sulfonamides is 1. The fourth-order valence-electron chi connectivity index (χ4n) is 2.79. The molecule has 4 rings (SSSR count).